The Morgan fingerprint density at radius 2 is 1.94 bits per heavy atom. The molecule has 98 valence electrons. The van der Waals surface area contributed by atoms with Crippen LogP contribution in [-0.2, 0) is 16.0 Å². The third-order valence-electron chi connectivity index (χ3n) is 2.89. The monoisotopic (exact) mass is 249 g/mol. The van der Waals surface area contributed by atoms with Gasteiger partial charge in [0, 0.05) is 0 Å². The second-order valence-corrected chi connectivity index (χ2v) is 4.23. The molecule has 18 heavy (non-hydrogen) atoms. The van der Waals surface area contributed by atoms with E-state index in [1.807, 2.05) is 18.2 Å². The zero-order valence-electron chi connectivity index (χ0n) is 10.7. The molecule has 0 fully saturated rings. The van der Waals surface area contributed by atoms with Crippen LogP contribution < -0.4 is 0 Å². The van der Waals surface area contributed by atoms with Crippen molar-refractivity contribution in [1.82, 2.24) is 0 Å². The highest BCUT2D eigenvalue weighted by Crippen LogP contribution is 2.11. The molecule has 0 aromatic heterocycles. The first-order valence-electron chi connectivity index (χ1n) is 6.22. The summed E-state index contributed by atoms with van der Waals surface area (Å²) in [5.74, 6) is -0.534. The molecule has 4 nitrogen and oxygen atoms in total. The zero-order chi connectivity index (χ0) is 13.2. The molecular formula is C14H19NO3. The molecule has 0 aliphatic heterocycles. The zero-order valence-corrected chi connectivity index (χ0v) is 10.7. The Morgan fingerprint density at radius 3 is 2.56 bits per heavy atom. The number of benzene rings is 1. The Hall–Kier alpha value is -1.71. The van der Waals surface area contributed by atoms with Crippen molar-refractivity contribution < 1.29 is 9.53 Å². The van der Waals surface area contributed by atoms with E-state index in [1.54, 1.807) is 0 Å². The van der Waals surface area contributed by atoms with E-state index in [-0.39, 0.29) is 0 Å². The predicted molar refractivity (Wildman–Crippen MR) is 70.2 cm³/mol. The normalized spacial score (nSPS) is 11.8. The molecule has 0 heterocycles. The highest BCUT2D eigenvalue weighted by Gasteiger charge is 2.18. The number of nitroso groups, excluding NO2 is 1. The molecule has 0 N–H and O–H groups in total. The summed E-state index contributed by atoms with van der Waals surface area (Å²) in [4.78, 5) is 21.6. The molecule has 0 aliphatic carbocycles. The predicted octanol–water partition coefficient (Wildman–Crippen LogP) is 3.10. The first-order chi connectivity index (χ1) is 8.77. The second-order valence-electron chi connectivity index (χ2n) is 4.23. The molecule has 1 atom stereocenters. The van der Waals surface area contributed by atoms with Gasteiger partial charge in [-0.05, 0) is 24.8 Å². The van der Waals surface area contributed by atoms with Gasteiger partial charge in [-0.3, -0.25) is 0 Å². The number of esters is 1. The lowest BCUT2D eigenvalue weighted by molar-refractivity contribution is -0.142. The van der Waals surface area contributed by atoms with Gasteiger partial charge in [-0.2, -0.15) is 0 Å². The van der Waals surface area contributed by atoms with Gasteiger partial charge in [0.15, 0.2) is 6.04 Å². The Bertz CT molecular complexity index is 365. The van der Waals surface area contributed by atoms with Crippen LogP contribution in [0.25, 0.3) is 0 Å². The number of hydrogen-bond acceptors (Lipinski definition) is 4. The first-order valence-corrected chi connectivity index (χ1v) is 6.22. The lowest BCUT2D eigenvalue weighted by Gasteiger charge is -2.06. The molecule has 0 radical (unpaired) electrons. The summed E-state index contributed by atoms with van der Waals surface area (Å²) in [6.45, 7) is 0. The van der Waals surface area contributed by atoms with Crippen molar-refractivity contribution in [1.29, 1.82) is 0 Å². The second kappa shape index (κ2) is 8.39. The maximum Gasteiger partial charge on any atom is 0.334 e. The topological polar surface area (TPSA) is 55.7 Å². The van der Waals surface area contributed by atoms with E-state index in [9.17, 15) is 9.70 Å². The minimum Gasteiger partial charge on any atom is -0.467 e. The quantitative estimate of drug-likeness (QED) is 0.404. The summed E-state index contributed by atoms with van der Waals surface area (Å²) in [5.41, 5.74) is 1.32. The van der Waals surface area contributed by atoms with E-state index in [2.05, 4.69) is 22.0 Å². The smallest absolute Gasteiger partial charge is 0.334 e. The van der Waals surface area contributed by atoms with E-state index in [0.717, 1.165) is 25.7 Å². The van der Waals surface area contributed by atoms with Crippen molar-refractivity contribution in [2.24, 2.45) is 5.18 Å². The van der Waals surface area contributed by atoms with E-state index in [0.29, 0.717) is 6.42 Å². The Kier molecular flexibility index (Phi) is 6.69. The van der Waals surface area contributed by atoms with Crippen LogP contribution in [0, 0.1) is 4.91 Å². The molecule has 1 rings (SSSR count). The molecule has 0 saturated heterocycles. The number of aryl methyl sites for hydroxylation is 1. The van der Waals surface area contributed by atoms with E-state index >= 15 is 0 Å². The molecule has 4 heteroatoms. The number of unbranched alkanes of at least 4 members (excludes halogenated alkanes) is 2. The van der Waals surface area contributed by atoms with Crippen LogP contribution in [0.1, 0.15) is 31.2 Å². The maximum absolute atomic E-state index is 11.1. The highest BCUT2D eigenvalue weighted by atomic mass is 16.5. The minimum absolute atomic E-state index is 0.477. The summed E-state index contributed by atoms with van der Waals surface area (Å²) in [5, 5.41) is 2.79. The van der Waals surface area contributed by atoms with Crippen LogP contribution in [-0.4, -0.2) is 19.1 Å². The van der Waals surface area contributed by atoms with Crippen molar-refractivity contribution in [2.75, 3.05) is 7.11 Å². The number of carbonyl (C=O) groups excluding carboxylic acids is 1. The van der Waals surface area contributed by atoms with Crippen molar-refractivity contribution in [3.05, 3.63) is 40.8 Å². The third-order valence-corrected chi connectivity index (χ3v) is 2.89. The summed E-state index contributed by atoms with van der Waals surface area (Å²) >= 11 is 0. The number of nitrogens with zero attached hydrogens (tertiary/aromatic N) is 1. The molecule has 0 amide bonds. The number of carbonyl (C=O) groups is 1. The van der Waals surface area contributed by atoms with Crippen LogP contribution in [0.2, 0.25) is 0 Å². The van der Waals surface area contributed by atoms with Gasteiger partial charge in [0.2, 0.25) is 0 Å². The average Bonchev–Trinajstić information content (AvgIpc) is 2.43. The van der Waals surface area contributed by atoms with Crippen molar-refractivity contribution in [2.45, 2.75) is 38.1 Å². The highest BCUT2D eigenvalue weighted by molar-refractivity contribution is 5.75. The van der Waals surface area contributed by atoms with Crippen LogP contribution >= 0.6 is 0 Å². The van der Waals surface area contributed by atoms with E-state index in [4.69, 9.17) is 0 Å². The van der Waals surface area contributed by atoms with Crippen molar-refractivity contribution in [3.63, 3.8) is 0 Å². The largest absolute Gasteiger partial charge is 0.467 e. The fraction of sp³-hybridized carbons (Fsp3) is 0.500. The Morgan fingerprint density at radius 1 is 1.22 bits per heavy atom. The molecule has 0 aliphatic rings. The van der Waals surface area contributed by atoms with Crippen LogP contribution in [0.3, 0.4) is 0 Å². The number of methoxy groups -OCH3 is 1. The molecule has 0 saturated carbocycles. The van der Waals surface area contributed by atoms with Gasteiger partial charge in [0.05, 0.1) is 7.11 Å². The summed E-state index contributed by atoms with van der Waals surface area (Å²) in [6.07, 6.45) is 4.36. The standard InChI is InChI=1S/C14H19NO3/c1-18-14(16)13(15-17)11-7-3-6-10-12-8-4-2-5-9-12/h2,4-5,8-9,13H,3,6-7,10-11H2,1H3. The lowest BCUT2D eigenvalue weighted by atomic mass is 10.0. The van der Waals surface area contributed by atoms with Crippen LogP contribution in [0.4, 0.5) is 0 Å². The molecule has 0 bridgehead atoms. The summed E-state index contributed by atoms with van der Waals surface area (Å²) in [6, 6.07) is 9.42. The third kappa shape index (κ3) is 5.08. The van der Waals surface area contributed by atoms with Crippen LogP contribution in [0.15, 0.2) is 35.5 Å². The molecule has 1 aromatic rings. The van der Waals surface area contributed by atoms with Gasteiger partial charge in [-0.1, -0.05) is 48.4 Å². The van der Waals surface area contributed by atoms with Gasteiger partial charge in [-0.15, -0.1) is 4.91 Å². The van der Waals surface area contributed by atoms with Gasteiger partial charge >= 0.3 is 5.97 Å². The average molecular weight is 249 g/mol. The molecule has 0 spiro atoms. The van der Waals surface area contributed by atoms with E-state index in [1.165, 1.54) is 12.7 Å². The number of rotatable bonds is 8. The van der Waals surface area contributed by atoms with Crippen molar-refractivity contribution >= 4 is 5.97 Å². The maximum atomic E-state index is 11.1. The molecule has 1 aromatic carbocycles. The fourth-order valence-corrected chi connectivity index (χ4v) is 1.84. The van der Waals surface area contributed by atoms with Gasteiger partial charge in [-0.25, -0.2) is 4.79 Å². The molecule has 1 unspecified atom stereocenters. The lowest BCUT2D eigenvalue weighted by Crippen LogP contribution is -2.19. The number of hydrogen-bond donors (Lipinski definition) is 0. The Balaban J connectivity index is 2.15. The Labute approximate surface area is 107 Å². The van der Waals surface area contributed by atoms with Crippen molar-refractivity contribution in [3.8, 4) is 0 Å². The van der Waals surface area contributed by atoms with Gasteiger partial charge < -0.3 is 4.74 Å². The minimum atomic E-state index is -0.841. The fourth-order valence-electron chi connectivity index (χ4n) is 1.84. The van der Waals surface area contributed by atoms with Crippen LogP contribution in [0.5, 0.6) is 0 Å². The van der Waals surface area contributed by atoms with Gasteiger partial charge in [0.1, 0.15) is 0 Å². The molecular weight excluding hydrogens is 230 g/mol. The summed E-state index contributed by atoms with van der Waals surface area (Å²) < 4.78 is 4.50. The SMILES string of the molecule is COC(=O)C(CCCCCc1ccccc1)N=O. The van der Waals surface area contributed by atoms with Gasteiger partial charge in [0.25, 0.3) is 0 Å². The van der Waals surface area contributed by atoms with E-state index < -0.39 is 12.0 Å². The number of ether oxygens (including phenoxy) is 1. The first kappa shape index (κ1) is 14.4. The summed E-state index contributed by atoms with van der Waals surface area (Å²) in [7, 11) is 1.27.